The molecule has 0 bridgehead atoms. The Hall–Kier alpha value is -1.62. The number of anilines is 1. The highest BCUT2D eigenvalue weighted by atomic mass is 16.5. The third-order valence-electron chi connectivity index (χ3n) is 2.80. The molecule has 0 aliphatic heterocycles. The van der Waals surface area contributed by atoms with Crippen LogP contribution in [-0.4, -0.2) is 35.8 Å². The van der Waals surface area contributed by atoms with Gasteiger partial charge in [-0.2, -0.15) is 0 Å². The number of rotatable bonds is 9. The molecule has 0 saturated heterocycles. The number of aromatic nitrogens is 1. The van der Waals surface area contributed by atoms with Crippen LogP contribution in [0.4, 0.5) is 5.82 Å². The highest BCUT2D eigenvalue weighted by molar-refractivity contribution is 5.88. The standard InChI is InChI=1S/C15H24N2O3/c1-4-7-20-8-5-6-16-14-10-12(15(18)19)9-13(17-14)11(2)3/h9-11H,4-8H2,1-3H3,(H,16,17)(H,18,19). The smallest absolute Gasteiger partial charge is 0.335 e. The summed E-state index contributed by atoms with van der Waals surface area (Å²) < 4.78 is 5.39. The Morgan fingerprint density at radius 3 is 2.75 bits per heavy atom. The van der Waals surface area contributed by atoms with E-state index in [1.165, 1.54) is 0 Å². The number of hydrogen-bond acceptors (Lipinski definition) is 4. The minimum absolute atomic E-state index is 0.197. The summed E-state index contributed by atoms with van der Waals surface area (Å²) in [6.07, 6.45) is 1.89. The number of nitrogens with one attached hydrogen (secondary N) is 1. The van der Waals surface area contributed by atoms with Crippen LogP contribution in [-0.2, 0) is 4.74 Å². The minimum Gasteiger partial charge on any atom is -0.478 e. The number of hydrogen-bond donors (Lipinski definition) is 2. The Morgan fingerprint density at radius 1 is 1.40 bits per heavy atom. The summed E-state index contributed by atoms with van der Waals surface area (Å²) in [5, 5.41) is 12.3. The number of pyridine rings is 1. The maximum absolute atomic E-state index is 11.1. The van der Waals surface area contributed by atoms with E-state index in [4.69, 9.17) is 9.84 Å². The van der Waals surface area contributed by atoms with Gasteiger partial charge in [0.15, 0.2) is 0 Å². The Labute approximate surface area is 120 Å². The molecule has 20 heavy (non-hydrogen) atoms. The molecule has 0 radical (unpaired) electrons. The molecule has 0 aliphatic rings. The summed E-state index contributed by atoms with van der Waals surface area (Å²) in [5.74, 6) is -0.115. The molecule has 1 heterocycles. The number of carboxylic acid groups (broad SMARTS) is 1. The fourth-order valence-electron chi connectivity index (χ4n) is 1.70. The maximum atomic E-state index is 11.1. The van der Waals surface area contributed by atoms with Crippen LogP contribution < -0.4 is 5.32 Å². The van der Waals surface area contributed by atoms with Crippen molar-refractivity contribution in [3.63, 3.8) is 0 Å². The first-order valence-electron chi connectivity index (χ1n) is 7.11. The van der Waals surface area contributed by atoms with Gasteiger partial charge in [0, 0.05) is 25.5 Å². The molecule has 0 amide bonds. The fraction of sp³-hybridized carbons (Fsp3) is 0.600. The van der Waals surface area contributed by atoms with Crippen LogP contribution >= 0.6 is 0 Å². The zero-order valence-electron chi connectivity index (χ0n) is 12.5. The van der Waals surface area contributed by atoms with Gasteiger partial charge in [-0.15, -0.1) is 0 Å². The van der Waals surface area contributed by atoms with Gasteiger partial charge in [-0.3, -0.25) is 0 Å². The van der Waals surface area contributed by atoms with Gasteiger partial charge in [-0.25, -0.2) is 9.78 Å². The molecule has 0 aromatic carbocycles. The molecular weight excluding hydrogens is 256 g/mol. The van der Waals surface area contributed by atoms with E-state index < -0.39 is 5.97 Å². The molecule has 0 atom stereocenters. The molecular formula is C15H24N2O3. The van der Waals surface area contributed by atoms with E-state index in [-0.39, 0.29) is 11.5 Å². The molecule has 0 spiro atoms. The first-order chi connectivity index (χ1) is 9.54. The van der Waals surface area contributed by atoms with Crippen LogP contribution in [0, 0.1) is 0 Å². The Balaban J connectivity index is 2.58. The van der Waals surface area contributed by atoms with Crippen LogP contribution in [0.3, 0.4) is 0 Å². The highest BCUT2D eigenvalue weighted by Crippen LogP contribution is 2.17. The van der Waals surface area contributed by atoms with Crippen molar-refractivity contribution in [2.75, 3.05) is 25.1 Å². The SMILES string of the molecule is CCCOCCCNc1cc(C(=O)O)cc(C(C)C)n1. The van der Waals surface area contributed by atoms with Crippen molar-refractivity contribution in [1.82, 2.24) is 4.98 Å². The number of aromatic carboxylic acids is 1. The zero-order valence-corrected chi connectivity index (χ0v) is 12.5. The van der Waals surface area contributed by atoms with Crippen molar-refractivity contribution in [1.29, 1.82) is 0 Å². The lowest BCUT2D eigenvalue weighted by atomic mass is 10.1. The summed E-state index contributed by atoms with van der Waals surface area (Å²) in [5.41, 5.74) is 1.06. The van der Waals surface area contributed by atoms with E-state index in [9.17, 15) is 4.79 Å². The van der Waals surface area contributed by atoms with Crippen molar-refractivity contribution >= 4 is 11.8 Å². The van der Waals surface area contributed by atoms with Crippen molar-refractivity contribution in [2.45, 2.75) is 39.5 Å². The second-order valence-corrected chi connectivity index (χ2v) is 5.02. The molecule has 5 nitrogen and oxygen atoms in total. The summed E-state index contributed by atoms with van der Waals surface area (Å²) in [6.45, 7) is 8.28. The molecule has 0 aliphatic carbocycles. The van der Waals surface area contributed by atoms with Gasteiger partial charge in [0.2, 0.25) is 0 Å². The lowest BCUT2D eigenvalue weighted by Crippen LogP contribution is -2.10. The monoisotopic (exact) mass is 280 g/mol. The van der Waals surface area contributed by atoms with Crippen molar-refractivity contribution in [3.8, 4) is 0 Å². The van der Waals surface area contributed by atoms with Crippen molar-refractivity contribution in [2.24, 2.45) is 0 Å². The van der Waals surface area contributed by atoms with Gasteiger partial charge in [0.05, 0.1) is 5.56 Å². The van der Waals surface area contributed by atoms with Crippen LogP contribution in [0.5, 0.6) is 0 Å². The van der Waals surface area contributed by atoms with Gasteiger partial charge in [0.1, 0.15) is 5.82 Å². The van der Waals surface area contributed by atoms with E-state index in [1.54, 1.807) is 12.1 Å². The first kappa shape index (κ1) is 16.4. The predicted molar refractivity (Wildman–Crippen MR) is 79.5 cm³/mol. The summed E-state index contributed by atoms with van der Waals surface area (Å²) in [6, 6.07) is 3.20. The largest absolute Gasteiger partial charge is 0.478 e. The fourth-order valence-corrected chi connectivity index (χ4v) is 1.70. The number of carbonyl (C=O) groups is 1. The Kier molecular flexibility index (Phi) is 7.01. The predicted octanol–water partition coefficient (Wildman–Crippen LogP) is 3.13. The van der Waals surface area contributed by atoms with Gasteiger partial charge >= 0.3 is 5.97 Å². The van der Waals surface area contributed by atoms with E-state index in [0.717, 1.165) is 31.7 Å². The quantitative estimate of drug-likeness (QED) is 0.680. The summed E-state index contributed by atoms with van der Waals surface area (Å²) in [4.78, 5) is 15.5. The first-order valence-corrected chi connectivity index (χ1v) is 7.11. The maximum Gasteiger partial charge on any atom is 0.335 e. The van der Waals surface area contributed by atoms with Crippen LogP contribution in [0.2, 0.25) is 0 Å². The van der Waals surface area contributed by atoms with Crippen LogP contribution in [0.25, 0.3) is 0 Å². The molecule has 1 aromatic rings. The third-order valence-corrected chi connectivity index (χ3v) is 2.80. The second-order valence-electron chi connectivity index (χ2n) is 5.02. The molecule has 1 rings (SSSR count). The average molecular weight is 280 g/mol. The van der Waals surface area contributed by atoms with Crippen molar-refractivity contribution in [3.05, 3.63) is 23.4 Å². The molecule has 5 heteroatoms. The second kappa shape index (κ2) is 8.53. The van der Waals surface area contributed by atoms with Crippen LogP contribution in [0.1, 0.15) is 55.6 Å². The highest BCUT2D eigenvalue weighted by Gasteiger charge is 2.10. The van der Waals surface area contributed by atoms with Crippen LogP contribution in [0.15, 0.2) is 12.1 Å². The molecule has 0 fully saturated rings. The minimum atomic E-state index is -0.927. The number of carboxylic acids is 1. The number of ether oxygens (including phenoxy) is 1. The Morgan fingerprint density at radius 2 is 2.15 bits per heavy atom. The molecule has 1 aromatic heterocycles. The average Bonchev–Trinajstić information content (AvgIpc) is 2.42. The van der Waals surface area contributed by atoms with Gasteiger partial charge < -0.3 is 15.2 Å². The lowest BCUT2D eigenvalue weighted by Gasteiger charge is -2.11. The van der Waals surface area contributed by atoms with E-state index in [1.807, 2.05) is 13.8 Å². The normalized spacial score (nSPS) is 10.8. The van der Waals surface area contributed by atoms with E-state index in [2.05, 4.69) is 17.2 Å². The van der Waals surface area contributed by atoms with Crippen molar-refractivity contribution < 1.29 is 14.6 Å². The van der Waals surface area contributed by atoms with Gasteiger partial charge in [-0.05, 0) is 30.9 Å². The number of nitrogens with zero attached hydrogens (tertiary/aromatic N) is 1. The van der Waals surface area contributed by atoms with E-state index >= 15 is 0 Å². The topological polar surface area (TPSA) is 71.5 Å². The zero-order chi connectivity index (χ0) is 15.0. The molecule has 112 valence electrons. The Bertz CT molecular complexity index is 433. The van der Waals surface area contributed by atoms with Gasteiger partial charge in [0.25, 0.3) is 0 Å². The lowest BCUT2D eigenvalue weighted by molar-refractivity contribution is 0.0696. The molecule has 0 saturated carbocycles. The van der Waals surface area contributed by atoms with Gasteiger partial charge in [-0.1, -0.05) is 20.8 Å². The summed E-state index contributed by atoms with van der Waals surface area (Å²) in [7, 11) is 0. The summed E-state index contributed by atoms with van der Waals surface area (Å²) >= 11 is 0. The molecule has 0 unspecified atom stereocenters. The third kappa shape index (κ3) is 5.57. The van der Waals surface area contributed by atoms with E-state index in [0.29, 0.717) is 12.4 Å². The molecule has 2 N–H and O–H groups in total.